The monoisotopic (exact) mass is 230 g/mol. The Morgan fingerprint density at radius 2 is 2.00 bits per heavy atom. The lowest BCUT2D eigenvalue weighted by atomic mass is 10.3. The number of anilines is 2. The van der Waals surface area contributed by atoms with E-state index in [1.807, 2.05) is 5.32 Å². The molecule has 0 aliphatic carbocycles. The number of sulfone groups is 1. The van der Waals surface area contributed by atoms with Crippen LogP contribution in [0.2, 0.25) is 0 Å². The highest BCUT2D eigenvalue weighted by Gasteiger charge is 2.10. The van der Waals surface area contributed by atoms with Gasteiger partial charge in [0.15, 0.2) is 9.84 Å². The van der Waals surface area contributed by atoms with Crippen molar-refractivity contribution in [2.75, 3.05) is 17.3 Å². The van der Waals surface area contributed by atoms with Gasteiger partial charge in [0, 0.05) is 17.6 Å². The molecule has 0 bridgehead atoms. The Bertz CT molecular complexity index is 495. The third-order valence-corrected chi connectivity index (χ3v) is 2.70. The predicted octanol–water partition coefficient (Wildman–Crippen LogP) is 0.762. The maximum atomic E-state index is 11.2. The van der Waals surface area contributed by atoms with Gasteiger partial charge in [0.1, 0.15) is 0 Å². The third-order valence-electron chi connectivity index (χ3n) is 1.61. The summed E-state index contributed by atoms with van der Waals surface area (Å²) in [6, 6.07) is 3.81. The van der Waals surface area contributed by atoms with Crippen molar-refractivity contribution in [1.29, 1.82) is 0 Å². The lowest BCUT2D eigenvalue weighted by molar-refractivity contribution is 0.209. The molecule has 0 heterocycles. The average molecular weight is 230 g/mol. The van der Waals surface area contributed by atoms with E-state index in [1.165, 1.54) is 18.2 Å². The molecule has 0 aliphatic heterocycles. The zero-order valence-corrected chi connectivity index (χ0v) is 8.71. The van der Waals surface area contributed by atoms with E-state index >= 15 is 0 Å². The molecule has 0 aromatic heterocycles. The highest BCUT2D eigenvalue weighted by Crippen LogP contribution is 2.20. The van der Waals surface area contributed by atoms with Gasteiger partial charge in [0.2, 0.25) is 0 Å². The minimum absolute atomic E-state index is 0.0220. The second-order valence-electron chi connectivity index (χ2n) is 2.99. The van der Waals surface area contributed by atoms with Crippen molar-refractivity contribution in [3.8, 4) is 0 Å². The van der Waals surface area contributed by atoms with Crippen molar-refractivity contribution in [3.63, 3.8) is 0 Å². The maximum Gasteiger partial charge on any atom is 0.409 e. The number of nitrogens with two attached hydrogens (primary N) is 1. The van der Waals surface area contributed by atoms with Gasteiger partial charge in [0.25, 0.3) is 0 Å². The van der Waals surface area contributed by atoms with Gasteiger partial charge in [-0.05, 0) is 18.2 Å². The van der Waals surface area contributed by atoms with E-state index in [-0.39, 0.29) is 16.3 Å². The largest absolute Gasteiger partial charge is 0.465 e. The molecule has 1 amide bonds. The molecular weight excluding hydrogens is 220 g/mol. The zero-order valence-electron chi connectivity index (χ0n) is 7.89. The summed E-state index contributed by atoms with van der Waals surface area (Å²) in [6.07, 6.45) is -0.258. The number of hydrogen-bond donors (Lipinski definition) is 3. The topological polar surface area (TPSA) is 109 Å². The maximum absolute atomic E-state index is 11.2. The Morgan fingerprint density at radius 1 is 1.40 bits per heavy atom. The van der Waals surface area contributed by atoms with Gasteiger partial charge in [-0.25, -0.2) is 13.2 Å². The molecule has 1 aromatic carbocycles. The summed E-state index contributed by atoms with van der Waals surface area (Å²) in [7, 11) is -3.40. The Morgan fingerprint density at radius 3 is 2.47 bits per heavy atom. The van der Waals surface area contributed by atoms with Crippen LogP contribution in [0.4, 0.5) is 16.2 Å². The first-order valence-corrected chi connectivity index (χ1v) is 5.79. The number of nitrogen functional groups attached to an aromatic ring is 1. The quantitative estimate of drug-likeness (QED) is 0.650. The van der Waals surface area contributed by atoms with Gasteiger partial charge < -0.3 is 10.8 Å². The van der Waals surface area contributed by atoms with Crippen LogP contribution >= 0.6 is 0 Å². The second-order valence-corrected chi connectivity index (χ2v) is 5.01. The van der Waals surface area contributed by atoms with E-state index in [9.17, 15) is 13.2 Å². The van der Waals surface area contributed by atoms with Crippen LogP contribution in [0.1, 0.15) is 0 Å². The number of benzene rings is 1. The summed E-state index contributed by atoms with van der Waals surface area (Å²) in [6.45, 7) is 0. The summed E-state index contributed by atoms with van der Waals surface area (Å²) in [5.41, 5.74) is 5.74. The Kier molecular flexibility index (Phi) is 2.85. The Hall–Kier alpha value is -1.76. The number of carbonyl (C=O) groups is 1. The lowest BCUT2D eigenvalue weighted by Gasteiger charge is -2.05. The first-order valence-electron chi connectivity index (χ1n) is 3.89. The summed E-state index contributed by atoms with van der Waals surface area (Å²) in [4.78, 5) is 10.3. The molecule has 1 aromatic rings. The minimum atomic E-state index is -3.40. The zero-order chi connectivity index (χ0) is 11.6. The molecule has 0 saturated heterocycles. The number of hydrogen-bond acceptors (Lipinski definition) is 4. The molecule has 6 nitrogen and oxygen atoms in total. The van der Waals surface area contributed by atoms with E-state index in [4.69, 9.17) is 10.8 Å². The summed E-state index contributed by atoms with van der Waals surface area (Å²) < 4.78 is 22.4. The highest BCUT2D eigenvalue weighted by atomic mass is 32.2. The van der Waals surface area contributed by atoms with E-state index in [0.29, 0.717) is 0 Å². The highest BCUT2D eigenvalue weighted by molar-refractivity contribution is 7.90. The molecule has 15 heavy (non-hydrogen) atoms. The molecule has 0 unspecified atom stereocenters. The van der Waals surface area contributed by atoms with E-state index in [2.05, 4.69) is 0 Å². The lowest BCUT2D eigenvalue weighted by Crippen LogP contribution is -2.09. The number of rotatable bonds is 2. The molecule has 0 radical (unpaired) electrons. The normalized spacial score (nSPS) is 11.0. The van der Waals surface area contributed by atoms with Crippen LogP contribution < -0.4 is 11.1 Å². The molecule has 4 N–H and O–H groups in total. The Balaban J connectivity index is 3.23. The van der Waals surface area contributed by atoms with Crippen LogP contribution in [0.3, 0.4) is 0 Å². The summed E-state index contributed by atoms with van der Waals surface area (Å²) >= 11 is 0. The summed E-state index contributed by atoms with van der Waals surface area (Å²) in [5, 5.41) is 10.5. The molecule has 0 atom stereocenters. The molecule has 0 saturated carbocycles. The van der Waals surface area contributed by atoms with Crippen molar-refractivity contribution < 1.29 is 18.3 Å². The molecule has 0 spiro atoms. The standard InChI is InChI=1S/C8H10N2O4S/c1-15(13,14)7-3-5(9)2-6(4-7)10-8(11)12/h2-4,10H,9H2,1H3,(H,11,12). The van der Waals surface area contributed by atoms with Crippen molar-refractivity contribution in [1.82, 2.24) is 0 Å². The number of amides is 1. The third kappa shape index (κ3) is 3.13. The molecule has 0 aliphatic rings. The van der Waals surface area contributed by atoms with Gasteiger partial charge in [0.05, 0.1) is 4.90 Å². The van der Waals surface area contributed by atoms with Crippen LogP contribution in [-0.4, -0.2) is 25.9 Å². The average Bonchev–Trinajstić information content (AvgIpc) is 1.99. The Labute approximate surface area is 86.6 Å². The fourth-order valence-corrected chi connectivity index (χ4v) is 1.72. The van der Waals surface area contributed by atoms with Crippen molar-refractivity contribution in [2.45, 2.75) is 4.90 Å². The van der Waals surface area contributed by atoms with Gasteiger partial charge >= 0.3 is 6.09 Å². The van der Waals surface area contributed by atoms with Crippen molar-refractivity contribution >= 4 is 27.3 Å². The smallest absolute Gasteiger partial charge is 0.409 e. The number of carboxylic acid groups (broad SMARTS) is 1. The summed E-state index contributed by atoms with van der Waals surface area (Å²) in [5.74, 6) is 0. The van der Waals surface area contributed by atoms with Crippen LogP contribution in [0.15, 0.2) is 23.1 Å². The van der Waals surface area contributed by atoms with E-state index in [1.54, 1.807) is 0 Å². The fraction of sp³-hybridized carbons (Fsp3) is 0.125. The van der Waals surface area contributed by atoms with Crippen molar-refractivity contribution in [2.24, 2.45) is 0 Å². The molecule has 0 fully saturated rings. The van der Waals surface area contributed by atoms with Gasteiger partial charge in [-0.1, -0.05) is 0 Å². The first-order chi connectivity index (χ1) is 6.79. The number of nitrogens with one attached hydrogen (secondary N) is 1. The fourth-order valence-electron chi connectivity index (χ4n) is 1.03. The molecular formula is C8H10N2O4S. The van der Waals surface area contributed by atoms with Gasteiger partial charge in [-0.3, -0.25) is 5.32 Å². The van der Waals surface area contributed by atoms with Crippen LogP contribution in [0, 0.1) is 0 Å². The van der Waals surface area contributed by atoms with Crippen LogP contribution in [0.25, 0.3) is 0 Å². The van der Waals surface area contributed by atoms with Gasteiger partial charge in [-0.2, -0.15) is 0 Å². The molecule has 82 valence electrons. The second kappa shape index (κ2) is 3.77. The SMILES string of the molecule is CS(=O)(=O)c1cc(N)cc(NC(=O)O)c1. The molecule has 1 rings (SSSR count). The minimum Gasteiger partial charge on any atom is -0.465 e. The molecule has 7 heteroatoms. The van der Waals surface area contributed by atoms with Crippen LogP contribution in [0.5, 0.6) is 0 Å². The van der Waals surface area contributed by atoms with Crippen molar-refractivity contribution in [3.05, 3.63) is 18.2 Å². The van der Waals surface area contributed by atoms with E-state index < -0.39 is 15.9 Å². The van der Waals surface area contributed by atoms with E-state index in [0.717, 1.165) is 6.26 Å². The van der Waals surface area contributed by atoms with Gasteiger partial charge in [-0.15, -0.1) is 0 Å². The predicted molar refractivity (Wildman–Crippen MR) is 55.6 cm³/mol. The first kappa shape index (κ1) is 11.3. The van der Waals surface area contributed by atoms with Crippen LogP contribution in [-0.2, 0) is 9.84 Å².